The van der Waals surface area contributed by atoms with Crippen molar-refractivity contribution in [1.82, 2.24) is 10.2 Å². The van der Waals surface area contributed by atoms with Crippen LogP contribution in [0.15, 0.2) is 24.3 Å². The van der Waals surface area contributed by atoms with E-state index in [4.69, 9.17) is 0 Å². The monoisotopic (exact) mass is 339 g/mol. The minimum absolute atomic E-state index is 0. The van der Waals surface area contributed by atoms with Crippen LogP contribution in [0.5, 0.6) is 0 Å². The summed E-state index contributed by atoms with van der Waals surface area (Å²) in [6.07, 6.45) is 2.44. The quantitative estimate of drug-likeness (QED) is 0.837. The van der Waals surface area contributed by atoms with E-state index in [0.29, 0.717) is 18.4 Å². The van der Waals surface area contributed by atoms with Gasteiger partial charge in [-0.1, -0.05) is 26.0 Å². The smallest absolute Gasteiger partial charge is 0.238 e. The van der Waals surface area contributed by atoms with Gasteiger partial charge in [-0.3, -0.25) is 9.69 Å². The maximum absolute atomic E-state index is 12.2. The van der Waals surface area contributed by atoms with Crippen molar-refractivity contribution in [1.29, 1.82) is 0 Å². The second-order valence-electron chi connectivity index (χ2n) is 6.63. The summed E-state index contributed by atoms with van der Waals surface area (Å²) in [4.78, 5) is 14.5. The van der Waals surface area contributed by atoms with Crippen molar-refractivity contribution in [3.8, 4) is 0 Å². The number of nitrogens with zero attached hydrogens (tertiary/aromatic N) is 1. The second-order valence-corrected chi connectivity index (χ2v) is 6.63. The fraction of sp³-hybridized carbons (Fsp3) is 0.611. The molecule has 0 aliphatic carbocycles. The van der Waals surface area contributed by atoms with Crippen molar-refractivity contribution in [3.05, 3.63) is 29.8 Å². The average Bonchev–Trinajstić information content (AvgIpc) is 2.48. The van der Waals surface area contributed by atoms with Gasteiger partial charge in [0.2, 0.25) is 5.91 Å². The van der Waals surface area contributed by atoms with Crippen molar-refractivity contribution in [2.45, 2.75) is 32.6 Å². The maximum atomic E-state index is 12.2. The van der Waals surface area contributed by atoms with E-state index in [1.54, 1.807) is 0 Å². The average molecular weight is 340 g/mol. The highest BCUT2D eigenvalue weighted by molar-refractivity contribution is 5.92. The lowest BCUT2D eigenvalue weighted by Gasteiger charge is -2.32. The molecule has 5 heteroatoms. The van der Waals surface area contributed by atoms with Crippen LogP contribution in [-0.4, -0.2) is 44.0 Å². The molecule has 1 aromatic rings. The molecule has 4 nitrogen and oxygen atoms in total. The fourth-order valence-corrected chi connectivity index (χ4v) is 3.11. The third-order valence-electron chi connectivity index (χ3n) is 4.32. The summed E-state index contributed by atoms with van der Waals surface area (Å²) in [6.45, 7) is 7.92. The van der Waals surface area contributed by atoms with Crippen LogP contribution in [0.4, 0.5) is 5.69 Å². The van der Waals surface area contributed by atoms with Crippen LogP contribution in [0, 0.1) is 5.92 Å². The Labute approximate surface area is 146 Å². The number of carbonyl (C=O) groups excluding carboxylic acids is 1. The summed E-state index contributed by atoms with van der Waals surface area (Å²) >= 11 is 0. The third kappa shape index (κ3) is 6.50. The highest BCUT2D eigenvalue weighted by Crippen LogP contribution is 2.18. The molecule has 1 fully saturated rings. The second kappa shape index (κ2) is 9.91. The number of rotatable bonds is 6. The lowest BCUT2D eigenvalue weighted by Crippen LogP contribution is -2.42. The summed E-state index contributed by atoms with van der Waals surface area (Å²) in [5.41, 5.74) is 2.18. The van der Waals surface area contributed by atoms with E-state index in [2.05, 4.69) is 41.5 Å². The van der Waals surface area contributed by atoms with Crippen molar-refractivity contribution < 1.29 is 4.79 Å². The molecular weight excluding hydrogens is 310 g/mol. The summed E-state index contributed by atoms with van der Waals surface area (Å²) in [6, 6.07) is 8.16. The van der Waals surface area contributed by atoms with E-state index in [0.717, 1.165) is 25.3 Å². The number of amides is 1. The van der Waals surface area contributed by atoms with E-state index >= 15 is 0 Å². The number of hydrogen-bond acceptors (Lipinski definition) is 3. The molecule has 1 aliphatic heterocycles. The first-order valence-corrected chi connectivity index (χ1v) is 8.35. The zero-order valence-electron chi connectivity index (χ0n) is 14.5. The minimum Gasteiger partial charge on any atom is -0.325 e. The lowest BCUT2D eigenvalue weighted by molar-refractivity contribution is -0.117. The standard InChI is InChI=1S/C18H29N3O.ClH/c1-14(2)16-6-8-17(9-7-16)20-18(22)13-21-10-4-5-15(12-21)11-19-3;/h6-9,14-15,19H,4-5,10-13H2,1-3H3,(H,20,22);1H. The lowest BCUT2D eigenvalue weighted by atomic mass is 9.98. The molecule has 2 rings (SSSR count). The van der Waals surface area contributed by atoms with Crippen molar-refractivity contribution in [3.63, 3.8) is 0 Å². The largest absolute Gasteiger partial charge is 0.325 e. The summed E-state index contributed by atoms with van der Waals surface area (Å²) in [5, 5.41) is 6.24. The molecule has 0 aromatic heterocycles. The number of piperidine rings is 1. The van der Waals surface area contributed by atoms with Gasteiger partial charge in [0.25, 0.3) is 0 Å². The molecule has 1 aromatic carbocycles. The molecule has 1 aliphatic rings. The fourth-order valence-electron chi connectivity index (χ4n) is 3.11. The van der Waals surface area contributed by atoms with Gasteiger partial charge in [0, 0.05) is 12.2 Å². The molecular formula is C18H30ClN3O. The predicted molar refractivity (Wildman–Crippen MR) is 99.5 cm³/mol. The maximum Gasteiger partial charge on any atom is 0.238 e. The molecule has 0 bridgehead atoms. The van der Waals surface area contributed by atoms with Crippen LogP contribution in [0.3, 0.4) is 0 Å². The van der Waals surface area contributed by atoms with E-state index in [1.165, 1.54) is 18.4 Å². The Morgan fingerprint density at radius 2 is 2.00 bits per heavy atom. The number of nitrogens with one attached hydrogen (secondary N) is 2. The van der Waals surface area contributed by atoms with Gasteiger partial charge in [0.05, 0.1) is 6.54 Å². The van der Waals surface area contributed by atoms with Gasteiger partial charge >= 0.3 is 0 Å². The molecule has 130 valence electrons. The van der Waals surface area contributed by atoms with Gasteiger partial charge < -0.3 is 10.6 Å². The first-order valence-electron chi connectivity index (χ1n) is 8.35. The van der Waals surface area contributed by atoms with E-state index in [-0.39, 0.29) is 18.3 Å². The summed E-state index contributed by atoms with van der Waals surface area (Å²) in [7, 11) is 1.99. The number of anilines is 1. The normalized spacial score (nSPS) is 18.5. The molecule has 2 N–H and O–H groups in total. The van der Waals surface area contributed by atoms with Crippen LogP contribution in [-0.2, 0) is 4.79 Å². The molecule has 1 heterocycles. The Balaban J connectivity index is 0.00000264. The van der Waals surface area contributed by atoms with Crippen LogP contribution < -0.4 is 10.6 Å². The molecule has 0 saturated carbocycles. The van der Waals surface area contributed by atoms with Crippen LogP contribution in [0.25, 0.3) is 0 Å². The highest BCUT2D eigenvalue weighted by Gasteiger charge is 2.21. The molecule has 23 heavy (non-hydrogen) atoms. The van der Waals surface area contributed by atoms with Crippen molar-refractivity contribution >= 4 is 24.0 Å². The number of benzene rings is 1. The molecule has 1 unspecified atom stereocenters. The summed E-state index contributed by atoms with van der Waals surface area (Å²) in [5.74, 6) is 1.27. The number of hydrogen-bond donors (Lipinski definition) is 2. The van der Waals surface area contributed by atoms with Crippen molar-refractivity contribution in [2.24, 2.45) is 5.92 Å². The Bertz CT molecular complexity index is 474. The van der Waals surface area contributed by atoms with Gasteiger partial charge in [0.1, 0.15) is 0 Å². The topological polar surface area (TPSA) is 44.4 Å². The Morgan fingerprint density at radius 3 is 2.61 bits per heavy atom. The first kappa shape index (κ1) is 19.9. The number of halogens is 1. The van der Waals surface area contributed by atoms with Crippen LogP contribution >= 0.6 is 12.4 Å². The van der Waals surface area contributed by atoms with E-state index < -0.39 is 0 Å². The zero-order valence-corrected chi connectivity index (χ0v) is 15.3. The van der Waals surface area contributed by atoms with Crippen molar-refractivity contribution in [2.75, 3.05) is 38.5 Å². The Kier molecular flexibility index (Phi) is 8.59. The van der Waals surface area contributed by atoms with Crippen LogP contribution in [0.1, 0.15) is 38.2 Å². The van der Waals surface area contributed by atoms with Crippen LogP contribution in [0.2, 0.25) is 0 Å². The van der Waals surface area contributed by atoms with E-state index in [1.807, 2.05) is 19.2 Å². The third-order valence-corrected chi connectivity index (χ3v) is 4.32. The molecule has 1 atom stereocenters. The Hall–Kier alpha value is -1.10. The molecule has 0 radical (unpaired) electrons. The molecule has 1 saturated heterocycles. The van der Waals surface area contributed by atoms with Gasteiger partial charge in [0.15, 0.2) is 0 Å². The molecule has 0 spiro atoms. The minimum atomic E-state index is 0. The number of likely N-dealkylation sites (tertiary alicyclic amines) is 1. The SMILES string of the molecule is CNCC1CCCN(CC(=O)Nc2ccc(C(C)C)cc2)C1.Cl. The van der Waals surface area contributed by atoms with E-state index in [9.17, 15) is 4.79 Å². The van der Waals surface area contributed by atoms with Gasteiger partial charge in [-0.2, -0.15) is 0 Å². The highest BCUT2D eigenvalue weighted by atomic mass is 35.5. The predicted octanol–water partition coefficient (Wildman–Crippen LogP) is 3.10. The van der Waals surface area contributed by atoms with Gasteiger partial charge in [-0.05, 0) is 62.5 Å². The Morgan fingerprint density at radius 1 is 1.30 bits per heavy atom. The van der Waals surface area contributed by atoms with Gasteiger partial charge in [-0.15, -0.1) is 12.4 Å². The zero-order chi connectivity index (χ0) is 15.9. The first-order chi connectivity index (χ1) is 10.6. The summed E-state index contributed by atoms with van der Waals surface area (Å²) < 4.78 is 0. The van der Waals surface area contributed by atoms with Gasteiger partial charge in [-0.25, -0.2) is 0 Å². The molecule has 1 amide bonds. The number of carbonyl (C=O) groups is 1.